The zero-order valence-corrected chi connectivity index (χ0v) is 7.45. The quantitative estimate of drug-likeness (QED) is 0.351. The highest BCUT2D eigenvalue weighted by Gasteiger charge is 2.00. The fourth-order valence-electron chi connectivity index (χ4n) is 0.519. The maximum absolute atomic E-state index is 10.6. The number of nitrogens with one attached hydrogen (secondary N) is 1. The lowest BCUT2D eigenvalue weighted by Crippen LogP contribution is -2.26. The molecule has 0 unspecified atom stereocenters. The molecule has 0 aliphatic heterocycles. The van der Waals surface area contributed by atoms with E-state index in [1.807, 2.05) is 5.59 Å². The van der Waals surface area contributed by atoms with Crippen molar-refractivity contribution in [3.8, 4) is 0 Å². The second-order valence-corrected chi connectivity index (χ2v) is 3.18. The summed E-state index contributed by atoms with van der Waals surface area (Å²) in [4.78, 5) is 14.9. The van der Waals surface area contributed by atoms with Gasteiger partial charge in [-0.25, -0.2) is 5.84 Å². The fourth-order valence-corrected chi connectivity index (χ4v) is 1.32. The van der Waals surface area contributed by atoms with Crippen molar-refractivity contribution in [2.24, 2.45) is 5.84 Å². The van der Waals surface area contributed by atoms with Crippen LogP contribution in [0.2, 0.25) is 0 Å². The molecule has 0 aliphatic rings. The average molecular weight is 178 g/mol. The fraction of sp³-hybridized carbons (Fsp3) is 0.833. The van der Waals surface area contributed by atoms with E-state index in [-0.39, 0.29) is 5.97 Å². The molecule has 0 bridgehead atoms. The average Bonchev–Trinajstić information content (AvgIpc) is 1.99. The van der Waals surface area contributed by atoms with Crippen LogP contribution in [0.4, 0.5) is 0 Å². The Bertz CT molecular complexity index is 111. The van der Waals surface area contributed by atoms with Crippen molar-refractivity contribution in [1.82, 2.24) is 5.59 Å². The second-order valence-electron chi connectivity index (χ2n) is 1.95. The molecule has 0 saturated carbocycles. The van der Waals surface area contributed by atoms with E-state index in [9.17, 15) is 4.79 Å². The molecule has 0 rings (SSSR count). The third-order valence-electron chi connectivity index (χ3n) is 0.972. The van der Waals surface area contributed by atoms with Gasteiger partial charge in [-0.3, -0.25) is 4.79 Å². The number of hydrogen-bond donors (Lipinski definition) is 2. The highest BCUT2D eigenvalue weighted by molar-refractivity contribution is 7.99. The first-order valence-electron chi connectivity index (χ1n) is 3.54. The Hall–Kier alpha value is -0.260. The molecule has 0 aromatic heterocycles. The number of carbonyl (C=O) groups excluding carboxylic acids is 1. The molecule has 0 fully saturated rings. The van der Waals surface area contributed by atoms with Gasteiger partial charge < -0.3 is 4.84 Å². The number of hydrogen-bond acceptors (Lipinski definition) is 5. The van der Waals surface area contributed by atoms with Crippen LogP contribution in [0.3, 0.4) is 0 Å². The van der Waals surface area contributed by atoms with E-state index >= 15 is 0 Å². The van der Waals surface area contributed by atoms with E-state index in [1.165, 1.54) is 0 Å². The van der Waals surface area contributed by atoms with Crippen molar-refractivity contribution in [3.63, 3.8) is 0 Å². The normalized spacial score (nSPS) is 9.64. The lowest BCUT2D eigenvalue weighted by molar-refractivity contribution is -0.150. The Labute approximate surface area is 70.8 Å². The monoisotopic (exact) mass is 178 g/mol. The zero-order valence-electron chi connectivity index (χ0n) is 6.63. The summed E-state index contributed by atoms with van der Waals surface area (Å²) < 4.78 is 0. The summed E-state index contributed by atoms with van der Waals surface area (Å²) in [7, 11) is 0. The van der Waals surface area contributed by atoms with Crippen LogP contribution >= 0.6 is 11.8 Å². The van der Waals surface area contributed by atoms with Gasteiger partial charge in [0.15, 0.2) is 0 Å². The molecule has 4 nitrogen and oxygen atoms in total. The molecule has 3 N–H and O–H groups in total. The summed E-state index contributed by atoms with van der Waals surface area (Å²) in [6, 6.07) is 0. The summed E-state index contributed by atoms with van der Waals surface area (Å²) in [5.74, 6) is 6.34. The first-order chi connectivity index (χ1) is 5.31. The van der Waals surface area contributed by atoms with Crippen molar-refractivity contribution >= 4 is 17.7 Å². The van der Waals surface area contributed by atoms with Crippen molar-refractivity contribution in [1.29, 1.82) is 0 Å². The molecule has 66 valence electrons. The van der Waals surface area contributed by atoms with Gasteiger partial charge in [0.05, 0.1) is 6.42 Å². The van der Waals surface area contributed by atoms with Gasteiger partial charge >= 0.3 is 5.97 Å². The minimum absolute atomic E-state index is 0.309. The smallest absolute Gasteiger partial charge is 0.327 e. The molecular formula is C6H14N2O2S. The largest absolute Gasteiger partial charge is 0.356 e. The lowest BCUT2D eigenvalue weighted by Gasteiger charge is -1.99. The third kappa shape index (κ3) is 7.64. The van der Waals surface area contributed by atoms with Crippen LogP contribution < -0.4 is 11.4 Å². The van der Waals surface area contributed by atoms with Crippen LogP contribution in [-0.4, -0.2) is 17.5 Å². The maximum atomic E-state index is 10.6. The van der Waals surface area contributed by atoms with Gasteiger partial charge in [-0.05, 0) is 12.2 Å². The first-order valence-corrected chi connectivity index (χ1v) is 4.69. The molecular weight excluding hydrogens is 164 g/mol. The SMILES string of the molecule is CCCSCCC(=O)ONN. The maximum Gasteiger partial charge on any atom is 0.327 e. The molecule has 0 spiro atoms. The summed E-state index contributed by atoms with van der Waals surface area (Å²) in [5.41, 5.74) is 1.85. The van der Waals surface area contributed by atoms with Crippen LogP contribution in [0.25, 0.3) is 0 Å². The third-order valence-corrected chi connectivity index (χ3v) is 2.16. The lowest BCUT2D eigenvalue weighted by atomic mass is 10.5. The summed E-state index contributed by atoms with van der Waals surface area (Å²) >= 11 is 1.74. The van der Waals surface area contributed by atoms with Gasteiger partial charge in [0, 0.05) is 5.75 Å². The highest BCUT2D eigenvalue weighted by atomic mass is 32.2. The highest BCUT2D eigenvalue weighted by Crippen LogP contribution is 2.03. The van der Waals surface area contributed by atoms with Crippen molar-refractivity contribution < 1.29 is 9.63 Å². The molecule has 0 heterocycles. The van der Waals surface area contributed by atoms with Gasteiger partial charge in [-0.2, -0.15) is 11.8 Å². The predicted molar refractivity (Wildman–Crippen MR) is 45.6 cm³/mol. The van der Waals surface area contributed by atoms with Crippen LogP contribution in [0.5, 0.6) is 0 Å². The molecule has 0 aromatic rings. The Morgan fingerprint density at radius 3 is 2.91 bits per heavy atom. The topological polar surface area (TPSA) is 64.3 Å². The molecule has 5 heteroatoms. The number of thioether (sulfide) groups is 1. The van der Waals surface area contributed by atoms with E-state index in [0.29, 0.717) is 6.42 Å². The molecule has 0 amide bonds. The minimum Gasteiger partial charge on any atom is -0.356 e. The molecule has 11 heavy (non-hydrogen) atoms. The molecule has 0 aromatic carbocycles. The van der Waals surface area contributed by atoms with Crippen molar-refractivity contribution in [3.05, 3.63) is 0 Å². The van der Waals surface area contributed by atoms with E-state index in [2.05, 4.69) is 11.8 Å². The minimum atomic E-state index is -0.309. The van der Waals surface area contributed by atoms with Gasteiger partial charge in [0.25, 0.3) is 0 Å². The number of rotatable bonds is 6. The van der Waals surface area contributed by atoms with E-state index < -0.39 is 0 Å². The van der Waals surface area contributed by atoms with E-state index in [4.69, 9.17) is 5.84 Å². The molecule has 0 aliphatic carbocycles. The summed E-state index contributed by atoms with van der Waals surface area (Å²) in [6.07, 6.45) is 1.55. The van der Waals surface area contributed by atoms with E-state index in [1.54, 1.807) is 11.8 Å². The molecule has 0 atom stereocenters. The van der Waals surface area contributed by atoms with Gasteiger partial charge in [-0.1, -0.05) is 12.5 Å². The van der Waals surface area contributed by atoms with Crippen LogP contribution in [0, 0.1) is 0 Å². The summed E-state index contributed by atoms with van der Waals surface area (Å²) in [6.45, 7) is 2.10. The van der Waals surface area contributed by atoms with E-state index in [0.717, 1.165) is 17.9 Å². The van der Waals surface area contributed by atoms with Crippen molar-refractivity contribution in [2.75, 3.05) is 11.5 Å². The van der Waals surface area contributed by atoms with Crippen LogP contribution in [0.15, 0.2) is 0 Å². The number of carbonyl (C=O) groups is 1. The van der Waals surface area contributed by atoms with Crippen LogP contribution in [0.1, 0.15) is 19.8 Å². The number of nitrogens with two attached hydrogens (primary N) is 1. The van der Waals surface area contributed by atoms with Gasteiger partial charge in [-0.15, -0.1) is 0 Å². The molecule has 0 saturated heterocycles. The second kappa shape index (κ2) is 7.84. The predicted octanol–water partition coefficient (Wildman–Crippen LogP) is 0.441. The standard InChI is InChI=1S/C6H14N2O2S/c1-2-4-11-5-3-6(9)10-8-7/h8H,2-5,7H2,1H3. The first kappa shape index (κ1) is 10.7. The Kier molecular flexibility index (Phi) is 7.66. The number of hydrazine groups is 1. The zero-order chi connectivity index (χ0) is 8.53. The summed E-state index contributed by atoms with van der Waals surface area (Å²) in [5, 5.41) is 0. The van der Waals surface area contributed by atoms with Gasteiger partial charge in [0.1, 0.15) is 0 Å². The molecule has 0 radical (unpaired) electrons. The van der Waals surface area contributed by atoms with Crippen LogP contribution in [-0.2, 0) is 9.63 Å². The van der Waals surface area contributed by atoms with Crippen molar-refractivity contribution in [2.45, 2.75) is 19.8 Å². The van der Waals surface area contributed by atoms with Gasteiger partial charge in [0.2, 0.25) is 0 Å². The Morgan fingerprint density at radius 1 is 1.64 bits per heavy atom. The Morgan fingerprint density at radius 2 is 2.36 bits per heavy atom. The Balaban J connectivity index is 3.04.